The smallest absolute Gasteiger partial charge is 0.324 e. The third kappa shape index (κ3) is 8.38. The van der Waals surface area contributed by atoms with Gasteiger partial charge in [0, 0.05) is 55.2 Å². The fourth-order valence-electron chi connectivity index (χ4n) is 5.97. The minimum Gasteiger partial charge on any atom is -0.457 e. The molecule has 3 heterocycles. The molecule has 258 valence electrons. The monoisotopic (exact) mass is 674 g/mol. The van der Waals surface area contributed by atoms with Crippen LogP contribution in [-0.2, 0) is 11.2 Å². The Balaban J connectivity index is 1.13. The van der Waals surface area contributed by atoms with Gasteiger partial charge in [-0.15, -0.1) is 0 Å². The average Bonchev–Trinajstić information content (AvgIpc) is 3.51. The summed E-state index contributed by atoms with van der Waals surface area (Å²) in [6, 6.07) is 23.7. The molecular formula is C38H42N8O4. The molecule has 5 amide bonds. The number of carbonyl (C=O) groups is 3. The van der Waals surface area contributed by atoms with E-state index in [4.69, 9.17) is 9.84 Å². The second-order valence-corrected chi connectivity index (χ2v) is 12.5. The summed E-state index contributed by atoms with van der Waals surface area (Å²) in [6.45, 7) is 6.97. The number of urea groups is 2. The summed E-state index contributed by atoms with van der Waals surface area (Å²) in [4.78, 5) is 43.7. The van der Waals surface area contributed by atoms with Crippen molar-refractivity contribution in [2.24, 2.45) is 0 Å². The van der Waals surface area contributed by atoms with Crippen LogP contribution < -0.4 is 26.0 Å². The number of aromatic nitrogens is 3. The van der Waals surface area contributed by atoms with Crippen molar-refractivity contribution >= 4 is 46.1 Å². The minimum atomic E-state index is -0.397. The number of nitrogens with zero attached hydrogens (tertiary/aromatic N) is 4. The van der Waals surface area contributed by atoms with Crippen LogP contribution in [0.1, 0.15) is 50.8 Å². The number of ether oxygens (including phenoxy) is 1. The number of fused-ring (bicyclic) bond motifs is 1. The number of aryl methyl sites for hydroxylation is 2. The number of pyridine rings is 1. The van der Waals surface area contributed by atoms with Crippen LogP contribution in [0.5, 0.6) is 11.5 Å². The lowest BCUT2D eigenvalue weighted by Gasteiger charge is -2.31. The highest BCUT2D eigenvalue weighted by Gasteiger charge is 2.22. The SMILES string of the molecule is CCCCc1cc(NC(=O)Nc2ccc(Oc3ccnc(NC(=O)NC4CCN(C(C)=O)CC4)c3)c3ccccc23)n(-c2ccc(C)cc2)n1. The number of amides is 5. The van der Waals surface area contributed by atoms with Gasteiger partial charge in [-0.05, 0) is 62.9 Å². The molecule has 0 atom stereocenters. The molecule has 4 N–H and O–H groups in total. The van der Waals surface area contributed by atoms with E-state index in [1.807, 2.05) is 61.5 Å². The molecule has 6 rings (SSSR count). The zero-order chi connectivity index (χ0) is 35.0. The Labute approximate surface area is 291 Å². The lowest BCUT2D eigenvalue weighted by molar-refractivity contribution is -0.129. The Morgan fingerprint density at radius 3 is 2.38 bits per heavy atom. The highest BCUT2D eigenvalue weighted by atomic mass is 16.5. The molecule has 50 heavy (non-hydrogen) atoms. The summed E-state index contributed by atoms with van der Waals surface area (Å²) < 4.78 is 8.04. The van der Waals surface area contributed by atoms with Gasteiger partial charge in [0.05, 0.1) is 17.1 Å². The number of likely N-dealkylation sites (tertiary alicyclic amines) is 1. The first kappa shape index (κ1) is 34.0. The van der Waals surface area contributed by atoms with Crippen LogP contribution in [0.4, 0.5) is 26.9 Å². The molecule has 5 aromatic rings. The van der Waals surface area contributed by atoms with Crippen molar-refractivity contribution in [3.05, 3.63) is 96.3 Å². The molecule has 0 aliphatic carbocycles. The number of hydrogen-bond acceptors (Lipinski definition) is 6. The van der Waals surface area contributed by atoms with Gasteiger partial charge < -0.3 is 20.3 Å². The van der Waals surface area contributed by atoms with Gasteiger partial charge >= 0.3 is 12.1 Å². The van der Waals surface area contributed by atoms with Crippen molar-refractivity contribution in [1.82, 2.24) is 25.0 Å². The van der Waals surface area contributed by atoms with Gasteiger partial charge in [0.1, 0.15) is 23.1 Å². The van der Waals surface area contributed by atoms with Crippen LogP contribution >= 0.6 is 0 Å². The van der Waals surface area contributed by atoms with Gasteiger partial charge in [-0.3, -0.25) is 15.4 Å². The van der Waals surface area contributed by atoms with Crippen LogP contribution in [0, 0.1) is 6.92 Å². The largest absolute Gasteiger partial charge is 0.457 e. The van der Waals surface area contributed by atoms with Crippen LogP contribution in [0.25, 0.3) is 16.5 Å². The van der Waals surface area contributed by atoms with Crippen molar-refractivity contribution in [1.29, 1.82) is 0 Å². The van der Waals surface area contributed by atoms with Crippen molar-refractivity contribution in [3.63, 3.8) is 0 Å². The number of nitrogens with one attached hydrogen (secondary N) is 4. The molecule has 1 fully saturated rings. The minimum absolute atomic E-state index is 0.0239. The maximum atomic E-state index is 13.4. The second-order valence-electron chi connectivity index (χ2n) is 12.5. The van der Waals surface area contributed by atoms with E-state index < -0.39 is 6.03 Å². The number of piperidine rings is 1. The summed E-state index contributed by atoms with van der Waals surface area (Å²) in [5.41, 5.74) is 3.53. The zero-order valence-electron chi connectivity index (χ0n) is 28.5. The van der Waals surface area contributed by atoms with Crippen molar-refractivity contribution < 1.29 is 19.1 Å². The van der Waals surface area contributed by atoms with Gasteiger partial charge in [-0.1, -0.05) is 55.3 Å². The molecule has 12 heteroatoms. The van der Waals surface area contributed by atoms with Crippen molar-refractivity contribution in [2.45, 2.75) is 58.9 Å². The van der Waals surface area contributed by atoms with E-state index >= 15 is 0 Å². The predicted molar refractivity (Wildman–Crippen MR) is 195 cm³/mol. The van der Waals surface area contributed by atoms with Gasteiger partial charge in [-0.25, -0.2) is 19.3 Å². The maximum Gasteiger partial charge on any atom is 0.324 e. The number of rotatable bonds is 10. The molecule has 0 bridgehead atoms. The fraction of sp³-hybridized carbons (Fsp3) is 0.289. The van der Waals surface area contributed by atoms with Crippen LogP contribution in [0.15, 0.2) is 85.1 Å². The Bertz CT molecular complexity index is 1980. The maximum absolute atomic E-state index is 13.4. The van der Waals surface area contributed by atoms with Crippen LogP contribution in [-0.4, -0.2) is 56.8 Å². The number of benzene rings is 3. The topological polar surface area (TPSA) is 143 Å². The Kier molecular flexibility index (Phi) is 10.6. The lowest BCUT2D eigenvalue weighted by atomic mass is 10.1. The Morgan fingerprint density at radius 1 is 0.880 bits per heavy atom. The summed E-state index contributed by atoms with van der Waals surface area (Å²) in [5.74, 6) is 2.02. The first-order valence-electron chi connectivity index (χ1n) is 17.0. The number of carbonyl (C=O) groups excluding carboxylic acids is 3. The Hall–Kier alpha value is -5.91. The Morgan fingerprint density at radius 2 is 1.64 bits per heavy atom. The molecule has 0 unspecified atom stereocenters. The summed E-state index contributed by atoms with van der Waals surface area (Å²) in [5, 5.41) is 18.1. The van der Waals surface area contributed by atoms with Crippen molar-refractivity contribution in [2.75, 3.05) is 29.0 Å². The second kappa shape index (κ2) is 15.5. The van der Waals surface area contributed by atoms with Gasteiger partial charge in [0.2, 0.25) is 5.91 Å². The van der Waals surface area contributed by atoms with E-state index in [0.29, 0.717) is 54.8 Å². The molecule has 1 aliphatic heterocycles. The molecule has 0 radical (unpaired) electrons. The van der Waals surface area contributed by atoms with E-state index in [1.165, 1.54) is 0 Å². The number of hydrogen-bond donors (Lipinski definition) is 4. The third-order valence-corrected chi connectivity index (χ3v) is 8.68. The lowest BCUT2D eigenvalue weighted by Crippen LogP contribution is -2.47. The molecule has 0 saturated carbocycles. The number of unbranched alkanes of at least 4 members (excludes halogenated alkanes) is 1. The average molecular weight is 675 g/mol. The first-order valence-corrected chi connectivity index (χ1v) is 17.0. The summed E-state index contributed by atoms with van der Waals surface area (Å²) in [7, 11) is 0. The standard InChI is InChI=1S/C38H42N8O4/c1-4-5-8-28-23-36(46(44-28)29-13-11-25(2)12-14-29)43-38(49)41-33-15-16-34(32-10-7-6-9-31(32)33)50-30-17-20-39-35(24-30)42-37(48)40-27-18-21-45(22-19-27)26(3)47/h6-7,9-17,20,23-24,27H,4-5,8,18-19,21-22H2,1-3H3,(H2,41,43,49)(H2,39,40,42,48). The van der Waals surface area contributed by atoms with Crippen molar-refractivity contribution in [3.8, 4) is 17.2 Å². The summed E-state index contributed by atoms with van der Waals surface area (Å²) in [6.07, 6.45) is 5.83. The first-order chi connectivity index (χ1) is 24.2. The molecule has 12 nitrogen and oxygen atoms in total. The molecule has 1 saturated heterocycles. The fourth-order valence-corrected chi connectivity index (χ4v) is 5.97. The van der Waals surface area contributed by atoms with E-state index in [9.17, 15) is 14.4 Å². The van der Waals surface area contributed by atoms with E-state index in [0.717, 1.165) is 47.0 Å². The van der Waals surface area contributed by atoms with Gasteiger partial charge in [0.15, 0.2) is 0 Å². The van der Waals surface area contributed by atoms with E-state index in [-0.39, 0.29) is 18.0 Å². The molecule has 1 aliphatic rings. The predicted octanol–water partition coefficient (Wildman–Crippen LogP) is 7.64. The van der Waals surface area contributed by atoms with Crippen LogP contribution in [0.2, 0.25) is 0 Å². The van der Waals surface area contributed by atoms with Gasteiger partial charge in [-0.2, -0.15) is 5.10 Å². The van der Waals surface area contributed by atoms with Crippen LogP contribution in [0.3, 0.4) is 0 Å². The quantitative estimate of drug-likeness (QED) is 0.120. The van der Waals surface area contributed by atoms with E-state index in [1.54, 1.807) is 47.0 Å². The number of anilines is 3. The molecular weight excluding hydrogens is 632 g/mol. The zero-order valence-corrected chi connectivity index (χ0v) is 28.5. The molecule has 0 spiro atoms. The molecule has 2 aromatic heterocycles. The molecule has 3 aromatic carbocycles. The normalized spacial score (nSPS) is 13.1. The van der Waals surface area contributed by atoms with E-state index in [2.05, 4.69) is 33.2 Å². The highest BCUT2D eigenvalue weighted by Crippen LogP contribution is 2.35. The summed E-state index contributed by atoms with van der Waals surface area (Å²) >= 11 is 0. The van der Waals surface area contributed by atoms with Gasteiger partial charge in [0.25, 0.3) is 0 Å². The third-order valence-electron chi connectivity index (χ3n) is 8.68. The highest BCUT2D eigenvalue weighted by molar-refractivity contribution is 6.07.